The molecule has 0 fully saturated rings. The maximum atomic E-state index is 13.4. The molecular weight excluding hydrogens is 275 g/mol. The van der Waals surface area contributed by atoms with Gasteiger partial charge in [-0.2, -0.15) is 0 Å². The third-order valence-electron chi connectivity index (χ3n) is 2.77. The SMILES string of the molecule is O=C(CNC(=O)c1ccccc1F)NCCc1ncc[nH]1. The van der Waals surface area contributed by atoms with E-state index >= 15 is 0 Å². The van der Waals surface area contributed by atoms with Gasteiger partial charge in [-0.1, -0.05) is 12.1 Å². The van der Waals surface area contributed by atoms with Gasteiger partial charge in [-0.15, -0.1) is 0 Å². The molecule has 0 aliphatic rings. The summed E-state index contributed by atoms with van der Waals surface area (Å²) in [6.07, 6.45) is 3.90. The van der Waals surface area contributed by atoms with Crippen LogP contribution in [-0.4, -0.2) is 34.9 Å². The third-order valence-corrected chi connectivity index (χ3v) is 2.77. The summed E-state index contributed by atoms with van der Waals surface area (Å²) in [5.41, 5.74) is -0.0825. The average molecular weight is 290 g/mol. The molecule has 1 heterocycles. The molecular formula is C14H15FN4O2. The van der Waals surface area contributed by atoms with Gasteiger partial charge in [0.05, 0.1) is 12.1 Å². The van der Waals surface area contributed by atoms with Crippen molar-refractivity contribution in [2.75, 3.05) is 13.1 Å². The summed E-state index contributed by atoms with van der Waals surface area (Å²) in [6, 6.07) is 5.60. The van der Waals surface area contributed by atoms with E-state index in [0.29, 0.717) is 13.0 Å². The molecule has 0 atom stereocenters. The highest BCUT2D eigenvalue weighted by Crippen LogP contribution is 2.05. The maximum Gasteiger partial charge on any atom is 0.254 e. The highest BCUT2D eigenvalue weighted by Gasteiger charge is 2.11. The highest BCUT2D eigenvalue weighted by atomic mass is 19.1. The van der Waals surface area contributed by atoms with Gasteiger partial charge in [0.1, 0.15) is 11.6 Å². The van der Waals surface area contributed by atoms with E-state index in [0.717, 1.165) is 5.82 Å². The zero-order valence-corrected chi connectivity index (χ0v) is 11.2. The van der Waals surface area contributed by atoms with E-state index in [2.05, 4.69) is 20.6 Å². The van der Waals surface area contributed by atoms with Crippen molar-refractivity contribution in [2.45, 2.75) is 6.42 Å². The number of imidazole rings is 1. The van der Waals surface area contributed by atoms with Gasteiger partial charge < -0.3 is 15.6 Å². The number of aromatic nitrogens is 2. The molecule has 0 saturated carbocycles. The summed E-state index contributed by atoms with van der Waals surface area (Å²) in [7, 11) is 0. The Balaban J connectivity index is 1.71. The molecule has 0 spiro atoms. The fraction of sp³-hybridized carbons (Fsp3) is 0.214. The van der Waals surface area contributed by atoms with Crippen LogP contribution in [0.3, 0.4) is 0 Å². The number of carbonyl (C=O) groups is 2. The van der Waals surface area contributed by atoms with E-state index < -0.39 is 11.7 Å². The summed E-state index contributed by atoms with van der Waals surface area (Å²) in [5, 5.41) is 5.00. The van der Waals surface area contributed by atoms with Crippen molar-refractivity contribution in [3.63, 3.8) is 0 Å². The normalized spacial score (nSPS) is 10.1. The Kier molecular flexibility index (Phi) is 5.03. The Labute approximate surface area is 120 Å². The van der Waals surface area contributed by atoms with Crippen LogP contribution in [0.1, 0.15) is 16.2 Å². The molecule has 0 saturated heterocycles. The molecule has 3 N–H and O–H groups in total. The van der Waals surface area contributed by atoms with Crippen LogP contribution in [0, 0.1) is 5.82 Å². The predicted octanol–water partition coefficient (Wildman–Crippen LogP) is 0.637. The van der Waals surface area contributed by atoms with Crippen molar-refractivity contribution in [3.8, 4) is 0 Å². The summed E-state index contributed by atoms with van der Waals surface area (Å²) < 4.78 is 13.4. The lowest BCUT2D eigenvalue weighted by atomic mass is 10.2. The van der Waals surface area contributed by atoms with Gasteiger partial charge >= 0.3 is 0 Å². The third kappa shape index (κ3) is 4.41. The van der Waals surface area contributed by atoms with E-state index in [4.69, 9.17) is 0 Å². The van der Waals surface area contributed by atoms with Crippen molar-refractivity contribution in [2.24, 2.45) is 0 Å². The molecule has 0 aliphatic carbocycles. The number of rotatable bonds is 6. The van der Waals surface area contributed by atoms with Crippen molar-refractivity contribution in [3.05, 3.63) is 53.9 Å². The van der Waals surface area contributed by atoms with Gasteiger partial charge in [0, 0.05) is 25.4 Å². The van der Waals surface area contributed by atoms with Gasteiger partial charge in [0.15, 0.2) is 0 Å². The molecule has 2 amide bonds. The second kappa shape index (κ2) is 7.18. The minimum absolute atomic E-state index is 0.0825. The lowest BCUT2D eigenvalue weighted by molar-refractivity contribution is -0.120. The number of hydrogen-bond donors (Lipinski definition) is 3. The first-order valence-electron chi connectivity index (χ1n) is 6.44. The fourth-order valence-corrected chi connectivity index (χ4v) is 1.72. The quantitative estimate of drug-likeness (QED) is 0.729. The molecule has 2 rings (SSSR count). The van der Waals surface area contributed by atoms with Crippen LogP contribution in [0.25, 0.3) is 0 Å². The summed E-state index contributed by atoms with van der Waals surface area (Å²) in [5.74, 6) is -0.806. The molecule has 6 nitrogen and oxygen atoms in total. The van der Waals surface area contributed by atoms with Crippen LogP contribution in [-0.2, 0) is 11.2 Å². The first-order chi connectivity index (χ1) is 10.2. The number of nitrogens with zero attached hydrogens (tertiary/aromatic N) is 1. The monoisotopic (exact) mass is 290 g/mol. The smallest absolute Gasteiger partial charge is 0.254 e. The van der Waals surface area contributed by atoms with Crippen molar-refractivity contribution in [1.82, 2.24) is 20.6 Å². The largest absolute Gasteiger partial charge is 0.354 e. The van der Waals surface area contributed by atoms with Crippen LogP contribution in [0.5, 0.6) is 0 Å². The predicted molar refractivity (Wildman–Crippen MR) is 74.0 cm³/mol. The Morgan fingerprint density at radius 2 is 2.05 bits per heavy atom. The lowest BCUT2D eigenvalue weighted by Gasteiger charge is -2.07. The average Bonchev–Trinajstić information content (AvgIpc) is 2.98. The van der Waals surface area contributed by atoms with Crippen molar-refractivity contribution >= 4 is 11.8 Å². The lowest BCUT2D eigenvalue weighted by Crippen LogP contribution is -2.38. The summed E-state index contributed by atoms with van der Waals surface area (Å²) in [4.78, 5) is 30.2. The molecule has 7 heteroatoms. The molecule has 1 aromatic carbocycles. The van der Waals surface area contributed by atoms with Gasteiger partial charge in [-0.25, -0.2) is 9.37 Å². The molecule has 0 bridgehead atoms. The van der Waals surface area contributed by atoms with Gasteiger partial charge in [-0.3, -0.25) is 9.59 Å². The van der Waals surface area contributed by atoms with E-state index in [-0.39, 0.29) is 18.0 Å². The van der Waals surface area contributed by atoms with Crippen LogP contribution in [0.15, 0.2) is 36.7 Å². The highest BCUT2D eigenvalue weighted by molar-refractivity contribution is 5.96. The Morgan fingerprint density at radius 3 is 2.76 bits per heavy atom. The molecule has 2 aromatic rings. The number of carbonyl (C=O) groups excluding carboxylic acids is 2. The van der Waals surface area contributed by atoms with Crippen molar-refractivity contribution in [1.29, 1.82) is 0 Å². The minimum Gasteiger partial charge on any atom is -0.354 e. The number of aromatic amines is 1. The number of amides is 2. The number of H-pyrrole nitrogens is 1. The fourth-order valence-electron chi connectivity index (χ4n) is 1.72. The Hall–Kier alpha value is -2.70. The molecule has 110 valence electrons. The van der Waals surface area contributed by atoms with E-state index in [1.165, 1.54) is 18.2 Å². The summed E-state index contributed by atoms with van der Waals surface area (Å²) in [6.45, 7) is 0.202. The number of nitrogens with one attached hydrogen (secondary N) is 3. The zero-order valence-electron chi connectivity index (χ0n) is 11.2. The van der Waals surface area contributed by atoms with Crippen LogP contribution in [0.4, 0.5) is 4.39 Å². The van der Waals surface area contributed by atoms with Crippen LogP contribution >= 0.6 is 0 Å². The standard InChI is InChI=1S/C14H15FN4O2/c15-11-4-2-1-3-10(11)14(21)19-9-13(20)18-6-5-12-16-7-8-17-12/h1-4,7-8H,5-6,9H2,(H,16,17)(H,18,20)(H,19,21). The second-order valence-corrected chi connectivity index (χ2v) is 4.30. The van der Waals surface area contributed by atoms with E-state index in [9.17, 15) is 14.0 Å². The van der Waals surface area contributed by atoms with Gasteiger partial charge in [-0.05, 0) is 12.1 Å². The van der Waals surface area contributed by atoms with E-state index in [1.807, 2.05) is 0 Å². The van der Waals surface area contributed by atoms with Gasteiger partial charge in [0.2, 0.25) is 5.91 Å². The van der Waals surface area contributed by atoms with E-state index in [1.54, 1.807) is 18.5 Å². The first-order valence-corrected chi connectivity index (χ1v) is 6.44. The Bertz CT molecular complexity index is 613. The van der Waals surface area contributed by atoms with Crippen LogP contribution < -0.4 is 10.6 Å². The molecule has 21 heavy (non-hydrogen) atoms. The molecule has 0 unspecified atom stereocenters. The van der Waals surface area contributed by atoms with Crippen LogP contribution in [0.2, 0.25) is 0 Å². The summed E-state index contributed by atoms with van der Waals surface area (Å²) >= 11 is 0. The second-order valence-electron chi connectivity index (χ2n) is 4.30. The Morgan fingerprint density at radius 1 is 1.24 bits per heavy atom. The topological polar surface area (TPSA) is 86.9 Å². The molecule has 0 radical (unpaired) electrons. The van der Waals surface area contributed by atoms with Gasteiger partial charge in [0.25, 0.3) is 5.91 Å². The zero-order chi connectivity index (χ0) is 15.1. The number of halogens is 1. The molecule has 1 aromatic heterocycles. The molecule has 0 aliphatic heterocycles. The first kappa shape index (κ1) is 14.7. The maximum absolute atomic E-state index is 13.4. The number of benzene rings is 1. The van der Waals surface area contributed by atoms with Crippen molar-refractivity contribution < 1.29 is 14.0 Å². The number of hydrogen-bond acceptors (Lipinski definition) is 3. The minimum atomic E-state index is -0.617.